The zero-order valence-corrected chi connectivity index (χ0v) is 11.4. The Morgan fingerprint density at radius 1 is 1.20 bits per heavy atom. The highest BCUT2D eigenvalue weighted by Crippen LogP contribution is 2.01. The maximum atomic E-state index is 3.57. The molecule has 0 aromatic heterocycles. The van der Waals surface area contributed by atoms with Gasteiger partial charge in [-0.3, -0.25) is 0 Å². The predicted octanol–water partition coefficient (Wildman–Crippen LogP) is 1.16. The van der Waals surface area contributed by atoms with Crippen molar-refractivity contribution < 1.29 is 0 Å². The van der Waals surface area contributed by atoms with Crippen LogP contribution in [0.15, 0.2) is 0 Å². The molecule has 3 heteroatoms. The number of nitrogens with one attached hydrogen (secondary N) is 2. The second-order valence-corrected chi connectivity index (χ2v) is 5.64. The number of nitrogens with zero attached hydrogens (tertiary/aromatic N) is 1. The highest BCUT2D eigenvalue weighted by molar-refractivity contribution is 4.80. The molecule has 0 aromatic rings. The van der Waals surface area contributed by atoms with E-state index in [2.05, 4.69) is 57.3 Å². The molecule has 0 amide bonds. The van der Waals surface area contributed by atoms with Gasteiger partial charge in [0, 0.05) is 25.2 Å². The van der Waals surface area contributed by atoms with Crippen molar-refractivity contribution in [3.63, 3.8) is 0 Å². The number of hydrogen-bond acceptors (Lipinski definition) is 3. The zero-order valence-electron chi connectivity index (χ0n) is 11.4. The number of rotatable bonds is 8. The summed E-state index contributed by atoms with van der Waals surface area (Å²) in [6.07, 6.45) is 0. The van der Waals surface area contributed by atoms with Crippen LogP contribution >= 0.6 is 0 Å². The number of hydrogen-bond donors (Lipinski definition) is 2. The molecular weight excluding hydrogens is 186 g/mol. The Morgan fingerprint density at radius 3 is 2.27 bits per heavy atom. The minimum Gasteiger partial charge on any atom is -0.314 e. The van der Waals surface area contributed by atoms with E-state index >= 15 is 0 Å². The summed E-state index contributed by atoms with van der Waals surface area (Å²) < 4.78 is 0. The standard InChI is InChI=1S/C12H29N3/c1-11(2)9-14-12(3,4)10-13-7-8-15(5)6/h11,13-14H,7-10H2,1-6H3. The van der Waals surface area contributed by atoms with Gasteiger partial charge in [0.15, 0.2) is 0 Å². The normalized spacial score (nSPS) is 12.8. The van der Waals surface area contributed by atoms with Crippen molar-refractivity contribution in [3.8, 4) is 0 Å². The van der Waals surface area contributed by atoms with Gasteiger partial charge in [0.25, 0.3) is 0 Å². The molecule has 0 aliphatic rings. The summed E-state index contributed by atoms with van der Waals surface area (Å²) in [4.78, 5) is 2.20. The van der Waals surface area contributed by atoms with Crippen LogP contribution in [0.5, 0.6) is 0 Å². The Morgan fingerprint density at radius 2 is 1.80 bits per heavy atom. The van der Waals surface area contributed by atoms with Gasteiger partial charge in [-0.25, -0.2) is 0 Å². The Kier molecular flexibility index (Phi) is 7.14. The van der Waals surface area contributed by atoms with Crippen molar-refractivity contribution >= 4 is 0 Å². The predicted molar refractivity (Wildman–Crippen MR) is 68.3 cm³/mol. The molecule has 0 saturated carbocycles. The van der Waals surface area contributed by atoms with E-state index in [1.54, 1.807) is 0 Å². The third kappa shape index (κ3) is 10.2. The minimum absolute atomic E-state index is 0.191. The van der Waals surface area contributed by atoms with Crippen molar-refractivity contribution in [2.75, 3.05) is 40.3 Å². The largest absolute Gasteiger partial charge is 0.314 e. The molecule has 0 rings (SSSR count). The molecule has 0 aromatic carbocycles. The molecule has 2 N–H and O–H groups in total. The average molecular weight is 215 g/mol. The lowest BCUT2D eigenvalue weighted by Crippen LogP contribution is -2.49. The molecule has 0 radical (unpaired) electrons. The molecular formula is C12H29N3. The number of likely N-dealkylation sites (N-methyl/N-ethyl adjacent to an activating group) is 1. The zero-order chi connectivity index (χ0) is 11.9. The molecule has 0 spiro atoms. The molecule has 92 valence electrons. The lowest BCUT2D eigenvalue weighted by molar-refractivity contribution is 0.331. The van der Waals surface area contributed by atoms with Crippen LogP contribution in [0.4, 0.5) is 0 Å². The van der Waals surface area contributed by atoms with Gasteiger partial charge in [-0.2, -0.15) is 0 Å². The van der Waals surface area contributed by atoms with E-state index in [1.807, 2.05) is 0 Å². The van der Waals surface area contributed by atoms with Crippen LogP contribution in [0, 0.1) is 5.92 Å². The van der Waals surface area contributed by atoms with Gasteiger partial charge in [0.1, 0.15) is 0 Å². The highest BCUT2D eigenvalue weighted by Gasteiger charge is 2.16. The van der Waals surface area contributed by atoms with Crippen LogP contribution in [0.25, 0.3) is 0 Å². The van der Waals surface area contributed by atoms with Gasteiger partial charge in [0.2, 0.25) is 0 Å². The van der Waals surface area contributed by atoms with E-state index in [9.17, 15) is 0 Å². The maximum absolute atomic E-state index is 3.57. The first-order chi connectivity index (χ1) is 6.83. The summed E-state index contributed by atoms with van der Waals surface area (Å²) >= 11 is 0. The van der Waals surface area contributed by atoms with Crippen molar-refractivity contribution in [2.45, 2.75) is 33.2 Å². The minimum atomic E-state index is 0.191. The Hall–Kier alpha value is -0.120. The van der Waals surface area contributed by atoms with Gasteiger partial charge in [-0.15, -0.1) is 0 Å². The van der Waals surface area contributed by atoms with Crippen LogP contribution < -0.4 is 10.6 Å². The second kappa shape index (κ2) is 7.20. The van der Waals surface area contributed by atoms with E-state index in [0.717, 1.165) is 26.2 Å². The van der Waals surface area contributed by atoms with Gasteiger partial charge >= 0.3 is 0 Å². The van der Waals surface area contributed by atoms with E-state index in [-0.39, 0.29) is 5.54 Å². The molecule has 3 nitrogen and oxygen atoms in total. The van der Waals surface area contributed by atoms with Crippen molar-refractivity contribution in [1.82, 2.24) is 15.5 Å². The average Bonchev–Trinajstić information content (AvgIpc) is 2.09. The fourth-order valence-electron chi connectivity index (χ4n) is 1.25. The fourth-order valence-corrected chi connectivity index (χ4v) is 1.25. The monoisotopic (exact) mass is 215 g/mol. The lowest BCUT2D eigenvalue weighted by atomic mass is 10.0. The molecule has 0 heterocycles. The Bertz CT molecular complexity index is 153. The molecule has 0 atom stereocenters. The molecule has 15 heavy (non-hydrogen) atoms. The summed E-state index contributed by atoms with van der Waals surface area (Å²) in [6, 6.07) is 0. The van der Waals surface area contributed by atoms with E-state index in [0.29, 0.717) is 5.92 Å². The van der Waals surface area contributed by atoms with Gasteiger partial charge in [0.05, 0.1) is 0 Å². The van der Waals surface area contributed by atoms with Crippen molar-refractivity contribution in [3.05, 3.63) is 0 Å². The summed E-state index contributed by atoms with van der Waals surface area (Å²) in [6.45, 7) is 13.2. The smallest absolute Gasteiger partial charge is 0.0249 e. The van der Waals surface area contributed by atoms with Crippen LogP contribution in [0.3, 0.4) is 0 Å². The lowest BCUT2D eigenvalue weighted by Gasteiger charge is -2.28. The second-order valence-electron chi connectivity index (χ2n) is 5.64. The van der Waals surface area contributed by atoms with Gasteiger partial charge < -0.3 is 15.5 Å². The van der Waals surface area contributed by atoms with Crippen LogP contribution in [0.1, 0.15) is 27.7 Å². The van der Waals surface area contributed by atoms with Crippen LogP contribution in [-0.4, -0.2) is 50.7 Å². The van der Waals surface area contributed by atoms with E-state index in [1.165, 1.54) is 0 Å². The first-order valence-electron chi connectivity index (χ1n) is 5.94. The molecule has 0 unspecified atom stereocenters. The van der Waals surface area contributed by atoms with Crippen molar-refractivity contribution in [1.29, 1.82) is 0 Å². The summed E-state index contributed by atoms with van der Waals surface area (Å²) in [5.74, 6) is 0.714. The summed E-state index contributed by atoms with van der Waals surface area (Å²) in [5, 5.41) is 7.05. The Balaban J connectivity index is 3.55. The van der Waals surface area contributed by atoms with E-state index in [4.69, 9.17) is 0 Å². The maximum Gasteiger partial charge on any atom is 0.0249 e. The first kappa shape index (κ1) is 14.9. The van der Waals surface area contributed by atoms with E-state index < -0.39 is 0 Å². The van der Waals surface area contributed by atoms with Crippen LogP contribution in [-0.2, 0) is 0 Å². The fraction of sp³-hybridized carbons (Fsp3) is 1.00. The molecule has 0 bridgehead atoms. The SMILES string of the molecule is CC(C)CNC(C)(C)CNCCN(C)C. The van der Waals surface area contributed by atoms with Crippen LogP contribution in [0.2, 0.25) is 0 Å². The first-order valence-corrected chi connectivity index (χ1v) is 5.94. The summed E-state index contributed by atoms with van der Waals surface area (Å²) in [7, 11) is 4.20. The van der Waals surface area contributed by atoms with Gasteiger partial charge in [-0.05, 0) is 40.4 Å². The van der Waals surface area contributed by atoms with Crippen molar-refractivity contribution in [2.24, 2.45) is 5.92 Å². The topological polar surface area (TPSA) is 27.3 Å². The molecule has 0 fully saturated rings. The quantitative estimate of drug-likeness (QED) is 0.595. The molecule has 0 aliphatic heterocycles. The third-order valence-corrected chi connectivity index (χ3v) is 2.29. The molecule has 0 aliphatic carbocycles. The highest BCUT2D eigenvalue weighted by atomic mass is 15.1. The molecule has 0 saturated heterocycles. The summed E-state index contributed by atoms with van der Waals surface area (Å²) in [5.41, 5.74) is 0.191. The van der Waals surface area contributed by atoms with Gasteiger partial charge in [-0.1, -0.05) is 13.8 Å². The Labute approximate surface area is 95.6 Å². The third-order valence-electron chi connectivity index (χ3n) is 2.29.